The summed E-state index contributed by atoms with van der Waals surface area (Å²) in [5.41, 5.74) is 1.60. The average molecular weight is 397 g/mol. The number of allylic oxidation sites excluding steroid dienone is 2. The molecule has 2 rings (SSSR count). The van der Waals surface area contributed by atoms with Crippen LogP contribution in [0.5, 0.6) is 11.5 Å². The largest absolute Gasteiger partial charge is 0.493 e. The van der Waals surface area contributed by atoms with Crippen LogP contribution in [-0.4, -0.2) is 39.9 Å². The molecule has 1 aliphatic rings. The molecule has 28 heavy (non-hydrogen) atoms. The maximum absolute atomic E-state index is 12.8. The molecular weight excluding hydrogens is 376 g/mol. The van der Waals surface area contributed by atoms with Gasteiger partial charge in [-0.25, -0.2) is 9.59 Å². The number of benzene rings is 1. The van der Waals surface area contributed by atoms with Crippen molar-refractivity contribution in [1.29, 1.82) is 0 Å². The average Bonchev–Trinajstić information content (AvgIpc) is 2.65. The summed E-state index contributed by atoms with van der Waals surface area (Å²) in [4.78, 5) is 24.9. The monoisotopic (exact) mass is 397 g/mol. The second-order valence-electron chi connectivity index (χ2n) is 5.91. The maximum Gasteiger partial charge on any atom is 0.387 e. The van der Waals surface area contributed by atoms with Crippen LogP contribution in [0.2, 0.25) is 0 Å². The number of methoxy groups -OCH3 is 3. The number of alkyl halides is 2. The SMILES string of the molecule is COC(=O)C1=C(C)NC(C)=C(C(=O)OC)C1c1ccc(OC)c(OC(F)F)c1. The highest BCUT2D eigenvalue weighted by Gasteiger charge is 2.38. The highest BCUT2D eigenvalue weighted by atomic mass is 19.3. The molecule has 7 nitrogen and oxygen atoms in total. The predicted molar refractivity (Wildman–Crippen MR) is 94.9 cm³/mol. The molecule has 0 spiro atoms. The predicted octanol–water partition coefficient (Wildman–Crippen LogP) is 2.88. The molecule has 0 fully saturated rings. The van der Waals surface area contributed by atoms with Gasteiger partial charge in [-0.05, 0) is 31.5 Å². The van der Waals surface area contributed by atoms with E-state index in [0.717, 1.165) is 0 Å². The molecule has 0 aromatic heterocycles. The third-order valence-corrected chi connectivity index (χ3v) is 4.31. The van der Waals surface area contributed by atoms with Gasteiger partial charge in [-0.3, -0.25) is 0 Å². The van der Waals surface area contributed by atoms with Gasteiger partial charge in [-0.1, -0.05) is 6.07 Å². The van der Waals surface area contributed by atoms with Gasteiger partial charge >= 0.3 is 18.6 Å². The van der Waals surface area contributed by atoms with Crippen LogP contribution in [0, 0.1) is 0 Å². The van der Waals surface area contributed by atoms with E-state index in [1.807, 2.05) is 0 Å². The number of ether oxygens (including phenoxy) is 4. The summed E-state index contributed by atoms with van der Waals surface area (Å²) in [6.45, 7) is 0.222. The van der Waals surface area contributed by atoms with Crippen molar-refractivity contribution in [1.82, 2.24) is 5.32 Å². The van der Waals surface area contributed by atoms with Crippen molar-refractivity contribution in [2.24, 2.45) is 0 Å². The summed E-state index contributed by atoms with van der Waals surface area (Å²) >= 11 is 0. The number of carbonyl (C=O) groups excluding carboxylic acids is 2. The Morgan fingerprint density at radius 1 is 0.964 bits per heavy atom. The molecule has 0 unspecified atom stereocenters. The maximum atomic E-state index is 12.8. The van der Waals surface area contributed by atoms with E-state index in [1.54, 1.807) is 19.9 Å². The molecule has 1 aromatic carbocycles. The Kier molecular flexibility index (Phi) is 6.61. The second kappa shape index (κ2) is 8.73. The van der Waals surface area contributed by atoms with Crippen molar-refractivity contribution >= 4 is 11.9 Å². The summed E-state index contributed by atoms with van der Waals surface area (Å²) < 4.78 is 44.9. The molecule has 0 saturated carbocycles. The Morgan fingerprint density at radius 2 is 1.50 bits per heavy atom. The van der Waals surface area contributed by atoms with Gasteiger partial charge < -0.3 is 24.3 Å². The Hall–Kier alpha value is -3.10. The number of halogens is 2. The number of hydrogen-bond acceptors (Lipinski definition) is 7. The summed E-state index contributed by atoms with van der Waals surface area (Å²) in [6.07, 6.45) is 0. The molecule has 1 N–H and O–H groups in total. The minimum Gasteiger partial charge on any atom is -0.493 e. The zero-order valence-electron chi connectivity index (χ0n) is 16.1. The van der Waals surface area contributed by atoms with E-state index < -0.39 is 24.5 Å². The van der Waals surface area contributed by atoms with Crippen LogP contribution in [0.3, 0.4) is 0 Å². The smallest absolute Gasteiger partial charge is 0.387 e. The lowest BCUT2D eigenvalue weighted by Crippen LogP contribution is -2.32. The van der Waals surface area contributed by atoms with Gasteiger partial charge in [0.05, 0.1) is 38.4 Å². The van der Waals surface area contributed by atoms with Gasteiger partial charge in [0.2, 0.25) is 0 Å². The fourth-order valence-corrected chi connectivity index (χ4v) is 3.15. The van der Waals surface area contributed by atoms with Crippen LogP contribution in [0.1, 0.15) is 25.3 Å². The molecule has 0 amide bonds. The molecule has 1 aliphatic heterocycles. The molecule has 0 saturated heterocycles. The molecule has 0 aliphatic carbocycles. The van der Waals surface area contributed by atoms with Crippen molar-refractivity contribution in [2.45, 2.75) is 26.4 Å². The lowest BCUT2D eigenvalue weighted by Gasteiger charge is -2.30. The molecule has 0 bridgehead atoms. The van der Waals surface area contributed by atoms with Crippen LogP contribution in [0.15, 0.2) is 40.7 Å². The summed E-state index contributed by atoms with van der Waals surface area (Å²) in [7, 11) is 3.73. The molecule has 1 heterocycles. The first-order valence-corrected chi connectivity index (χ1v) is 8.23. The van der Waals surface area contributed by atoms with E-state index in [0.29, 0.717) is 17.0 Å². The second-order valence-corrected chi connectivity index (χ2v) is 5.91. The Balaban J connectivity index is 2.71. The molecule has 1 aromatic rings. The Morgan fingerprint density at radius 3 is 1.93 bits per heavy atom. The molecule has 0 radical (unpaired) electrons. The fraction of sp³-hybridized carbons (Fsp3) is 0.368. The number of nitrogens with one attached hydrogen (secondary N) is 1. The van der Waals surface area contributed by atoms with Crippen molar-refractivity contribution in [3.8, 4) is 11.5 Å². The Bertz CT molecular complexity index is 809. The minimum absolute atomic E-state index is 0.0821. The van der Waals surface area contributed by atoms with Crippen LogP contribution in [-0.2, 0) is 19.1 Å². The third kappa shape index (κ3) is 4.08. The van der Waals surface area contributed by atoms with E-state index in [2.05, 4.69) is 10.1 Å². The highest BCUT2D eigenvalue weighted by molar-refractivity contribution is 5.99. The lowest BCUT2D eigenvalue weighted by molar-refractivity contribution is -0.137. The van der Waals surface area contributed by atoms with Crippen LogP contribution in [0.25, 0.3) is 0 Å². The quantitative estimate of drug-likeness (QED) is 0.739. The minimum atomic E-state index is -3.08. The number of dihydropyridines is 1. The first kappa shape index (κ1) is 21.2. The summed E-state index contributed by atoms with van der Waals surface area (Å²) in [5, 5.41) is 2.96. The van der Waals surface area contributed by atoms with E-state index in [4.69, 9.17) is 14.2 Å². The van der Waals surface area contributed by atoms with Crippen molar-refractivity contribution in [3.63, 3.8) is 0 Å². The van der Waals surface area contributed by atoms with Crippen molar-refractivity contribution < 1.29 is 37.3 Å². The summed E-state index contributed by atoms with van der Waals surface area (Å²) in [6, 6.07) is 4.27. The van der Waals surface area contributed by atoms with Gasteiger partial charge in [-0.15, -0.1) is 0 Å². The molecule has 9 heteroatoms. The summed E-state index contributed by atoms with van der Waals surface area (Å²) in [5.74, 6) is -2.39. The topological polar surface area (TPSA) is 83.1 Å². The molecule has 0 atom stereocenters. The van der Waals surface area contributed by atoms with Gasteiger partial charge in [-0.2, -0.15) is 8.78 Å². The first-order chi connectivity index (χ1) is 13.2. The van der Waals surface area contributed by atoms with Gasteiger partial charge in [0, 0.05) is 11.4 Å². The zero-order chi connectivity index (χ0) is 21.0. The van der Waals surface area contributed by atoms with Gasteiger partial charge in [0.1, 0.15) is 0 Å². The third-order valence-electron chi connectivity index (χ3n) is 4.31. The lowest BCUT2D eigenvalue weighted by atomic mass is 9.80. The zero-order valence-corrected chi connectivity index (χ0v) is 16.1. The fourth-order valence-electron chi connectivity index (χ4n) is 3.15. The Labute approximate surface area is 160 Å². The van der Waals surface area contributed by atoms with Crippen LogP contribution in [0.4, 0.5) is 8.78 Å². The number of carbonyl (C=O) groups is 2. The van der Waals surface area contributed by atoms with Crippen LogP contribution < -0.4 is 14.8 Å². The normalized spacial score (nSPS) is 14.7. The van der Waals surface area contributed by atoms with E-state index in [9.17, 15) is 18.4 Å². The van der Waals surface area contributed by atoms with Gasteiger partial charge in [0.15, 0.2) is 11.5 Å². The van der Waals surface area contributed by atoms with Gasteiger partial charge in [0.25, 0.3) is 0 Å². The number of hydrogen-bond donors (Lipinski definition) is 1. The van der Waals surface area contributed by atoms with Crippen LogP contribution >= 0.6 is 0 Å². The standard InChI is InChI=1S/C19H21F2NO6/c1-9-14(17(23)26-4)16(15(10(2)22-9)18(24)27-5)11-6-7-12(25-3)13(8-11)28-19(20)21/h6-8,16,19,22H,1-5H3. The van der Waals surface area contributed by atoms with Crippen molar-refractivity contribution in [2.75, 3.05) is 21.3 Å². The highest BCUT2D eigenvalue weighted by Crippen LogP contribution is 2.42. The number of esters is 2. The van der Waals surface area contributed by atoms with Crippen molar-refractivity contribution in [3.05, 3.63) is 46.3 Å². The molecular formula is C19H21F2NO6. The van der Waals surface area contributed by atoms with E-state index >= 15 is 0 Å². The van der Waals surface area contributed by atoms with E-state index in [1.165, 1.54) is 33.5 Å². The molecule has 152 valence electrons. The van der Waals surface area contributed by atoms with E-state index in [-0.39, 0.29) is 22.6 Å². The first-order valence-electron chi connectivity index (χ1n) is 8.23. The number of rotatable bonds is 6.